The summed E-state index contributed by atoms with van der Waals surface area (Å²) in [7, 11) is 1.37. The number of hydrogen-bond donors (Lipinski definition) is 1. The van der Waals surface area contributed by atoms with Crippen LogP contribution in [0.5, 0.6) is 11.5 Å². The van der Waals surface area contributed by atoms with Crippen molar-refractivity contribution in [1.29, 1.82) is 5.26 Å². The molecule has 0 bridgehead atoms. The molecule has 1 aromatic rings. The number of aromatic hydroxyl groups is 1. The van der Waals surface area contributed by atoms with Crippen molar-refractivity contribution in [2.24, 2.45) is 0 Å². The maximum atomic E-state index is 10.4. The van der Waals surface area contributed by atoms with Gasteiger partial charge in [-0.05, 0) is 6.07 Å². The Balaban J connectivity index is 3.36. The molecular weight excluding hydrogens is 170 g/mol. The second kappa shape index (κ2) is 3.59. The molecule has 66 valence electrons. The molecule has 1 aromatic carbocycles. The third-order valence-corrected chi connectivity index (χ3v) is 1.60. The molecule has 0 fully saturated rings. The summed E-state index contributed by atoms with van der Waals surface area (Å²) in [6.45, 7) is 0. The maximum Gasteiger partial charge on any atom is 0.161 e. The number of methoxy groups -OCH3 is 1. The SMILES string of the molecule is COc1cc(C#N)c(C=O)cc1O. The highest BCUT2D eigenvalue weighted by Crippen LogP contribution is 2.28. The van der Waals surface area contributed by atoms with Gasteiger partial charge in [0.2, 0.25) is 0 Å². The number of carbonyl (C=O) groups is 1. The Morgan fingerprint density at radius 2 is 2.31 bits per heavy atom. The third kappa shape index (κ3) is 1.59. The molecule has 13 heavy (non-hydrogen) atoms. The van der Waals surface area contributed by atoms with E-state index >= 15 is 0 Å². The fourth-order valence-electron chi connectivity index (χ4n) is 0.942. The summed E-state index contributed by atoms with van der Waals surface area (Å²) in [5.74, 6) is 0.0331. The highest BCUT2D eigenvalue weighted by Gasteiger charge is 2.08. The Morgan fingerprint density at radius 3 is 2.77 bits per heavy atom. The van der Waals surface area contributed by atoms with Gasteiger partial charge in [-0.2, -0.15) is 5.26 Å². The van der Waals surface area contributed by atoms with Gasteiger partial charge in [-0.1, -0.05) is 0 Å². The average Bonchev–Trinajstić information content (AvgIpc) is 2.17. The Kier molecular flexibility index (Phi) is 2.50. The van der Waals surface area contributed by atoms with Gasteiger partial charge in [0.15, 0.2) is 17.8 Å². The molecule has 4 heteroatoms. The number of nitrogens with zero attached hydrogens (tertiary/aromatic N) is 1. The van der Waals surface area contributed by atoms with Gasteiger partial charge in [0, 0.05) is 11.6 Å². The van der Waals surface area contributed by atoms with Gasteiger partial charge in [0.1, 0.15) is 6.07 Å². The molecule has 0 aliphatic carbocycles. The first kappa shape index (κ1) is 9.07. The first-order valence-corrected chi connectivity index (χ1v) is 3.49. The van der Waals surface area contributed by atoms with E-state index in [1.165, 1.54) is 19.2 Å². The van der Waals surface area contributed by atoms with E-state index in [1.54, 1.807) is 0 Å². The average molecular weight is 177 g/mol. The molecular formula is C9H7NO3. The molecule has 0 aliphatic rings. The van der Waals surface area contributed by atoms with Crippen LogP contribution in [0.25, 0.3) is 0 Å². The van der Waals surface area contributed by atoms with Crippen LogP contribution in [0.2, 0.25) is 0 Å². The predicted molar refractivity (Wildman–Crippen MR) is 44.8 cm³/mol. The highest BCUT2D eigenvalue weighted by molar-refractivity contribution is 5.80. The number of carbonyl (C=O) groups excluding carboxylic acids is 1. The van der Waals surface area contributed by atoms with E-state index in [2.05, 4.69) is 0 Å². The lowest BCUT2D eigenvalue weighted by Gasteiger charge is -2.04. The van der Waals surface area contributed by atoms with Crippen LogP contribution in [-0.2, 0) is 0 Å². The number of ether oxygens (including phenoxy) is 1. The van der Waals surface area contributed by atoms with Crippen LogP contribution in [-0.4, -0.2) is 18.5 Å². The molecule has 1 N–H and O–H groups in total. The van der Waals surface area contributed by atoms with E-state index in [9.17, 15) is 9.90 Å². The summed E-state index contributed by atoms with van der Waals surface area (Å²) < 4.78 is 4.77. The fourth-order valence-corrected chi connectivity index (χ4v) is 0.942. The topological polar surface area (TPSA) is 70.3 Å². The molecule has 0 amide bonds. The normalized spacial score (nSPS) is 8.92. The number of phenols is 1. The summed E-state index contributed by atoms with van der Waals surface area (Å²) in [4.78, 5) is 10.4. The molecule has 0 atom stereocenters. The summed E-state index contributed by atoms with van der Waals surface area (Å²) in [6.07, 6.45) is 0.512. The van der Waals surface area contributed by atoms with E-state index in [4.69, 9.17) is 10.00 Å². The molecule has 0 saturated carbocycles. The van der Waals surface area contributed by atoms with Gasteiger partial charge in [0.05, 0.1) is 12.7 Å². The van der Waals surface area contributed by atoms with E-state index in [0.29, 0.717) is 6.29 Å². The van der Waals surface area contributed by atoms with E-state index in [-0.39, 0.29) is 22.6 Å². The first-order chi connectivity index (χ1) is 6.22. The van der Waals surface area contributed by atoms with Gasteiger partial charge in [-0.25, -0.2) is 0 Å². The second-order valence-electron chi connectivity index (χ2n) is 2.34. The molecule has 0 radical (unpaired) electrons. The number of rotatable bonds is 2. The predicted octanol–water partition coefficient (Wildman–Crippen LogP) is 1.08. The summed E-state index contributed by atoms with van der Waals surface area (Å²) in [5, 5.41) is 17.9. The van der Waals surface area contributed by atoms with E-state index < -0.39 is 0 Å². The molecule has 0 saturated heterocycles. The Hall–Kier alpha value is -2.02. The van der Waals surface area contributed by atoms with Gasteiger partial charge in [-0.15, -0.1) is 0 Å². The van der Waals surface area contributed by atoms with E-state index in [1.807, 2.05) is 6.07 Å². The van der Waals surface area contributed by atoms with Gasteiger partial charge < -0.3 is 9.84 Å². The summed E-state index contributed by atoms with van der Waals surface area (Å²) in [5.41, 5.74) is 0.338. The van der Waals surface area contributed by atoms with Crippen molar-refractivity contribution in [3.8, 4) is 17.6 Å². The molecule has 0 unspecified atom stereocenters. The van der Waals surface area contributed by atoms with Crippen molar-refractivity contribution in [2.75, 3.05) is 7.11 Å². The van der Waals surface area contributed by atoms with Crippen LogP contribution in [0.3, 0.4) is 0 Å². The maximum absolute atomic E-state index is 10.4. The lowest BCUT2D eigenvalue weighted by atomic mass is 10.1. The zero-order valence-electron chi connectivity index (χ0n) is 6.94. The standard InChI is InChI=1S/C9H7NO3/c1-13-9-3-6(4-10)7(5-11)2-8(9)12/h2-3,5,12H,1H3. The van der Waals surface area contributed by atoms with Gasteiger partial charge in [0.25, 0.3) is 0 Å². The van der Waals surface area contributed by atoms with Gasteiger partial charge >= 0.3 is 0 Å². The first-order valence-electron chi connectivity index (χ1n) is 3.49. The lowest BCUT2D eigenvalue weighted by molar-refractivity contribution is 0.112. The number of nitriles is 1. The smallest absolute Gasteiger partial charge is 0.161 e. The van der Waals surface area contributed by atoms with Gasteiger partial charge in [-0.3, -0.25) is 4.79 Å². The van der Waals surface area contributed by atoms with Crippen molar-refractivity contribution in [3.05, 3.63) is 23.3 Å². The Morgan fingerprint density at radius 1 is 1.62 bits per heavy atom. The highest BCUT2D eigenvalue weighted by atomic mass is 16.5. The largest absolute Gasteiger partial charge is 0.504 e. The molecule has 0 heterocycles. The second-order valence-corrected chi connectivity index (χ2v) is 2.34. The van der Waals surface area contributed by atoms with Crippen molar-refractivity contribution < 1.29 is 14.6 Å². The van der Waals surface area contributed by atoms with Crippen molar-refractivity contribution >= 4 is 6.29 Å². The number of hydrogen-bond acceptors (Lipinski definition) is 4. The Bertz CT molecular complexity index is 379. The van der Waals surface area contributed by atoms with Crippen LogP contribution in [0.15, 0.2) is 12.1 Å². The third-order valence-electron chi connectivity index (χ3n) is 1.60. The van der Waals surface area contributed by atoms with Crippen LogP contribution < -0.4 is 4.74 Å². The van der Waals surface area contributed by atoms with Crippen LogP contribution >= 0.6 is 0 Å². The molecule has 0 spiro atoms. The van der Waals surface area contributed by atoms with Crippen LogP contribution in [0.1, 0.15) is 15.9 Å². The fraction of sp³-hybridized carbons (Fsp3) is 0.111. The zero-order valence-corrected chi connectivity index (χ0v) is 6.94. The Labute approximate surface area is 75.0 Å². The number of benzene rings is 1. The lowest BCUT2D eigenvalue weighted by Crippen LogP contribution is -1.90. The van der Waals surface area contributed by atoms with Crippen LogP contribution in [0.4, 0.5) is 0 Å². The van der Waals surface area contributed by atoms with Crippen molar-refractivity contribution in [2.45, 2.75) is 0 Å². The zero-order chi connectivity index (χ0) is 9.84. The minimum Gasteiger partial charge on any atom is -0.504 e. The van der Waals surface area contributed by atoms with E-state index in [0.717, 1.165) is 0 Å². The summed E-state index contributed by atoms with van der Waals surface area (Å²) >= 11 is 0. The molecule has 1 rings (SSSR count). The molecule has 0 aromatic heterocycles. The quantitative estimate of drug-likeness (QED) is 0.686. The molecule has 0 aliphatic heterocycles. The summed E-state index contributed by atoms with van der Waals surface area (Å²) in [6, 6.07) is 4.34. The van der Waals surface area contributed by atoms with Crippen molar-refractivity contribution in [1.82, 2.24) is 0 Å². The van der Waals surface area contributed by atoms with Crippen molar-refractivity contribution in [3.63, 3.8) is 0 Å². The monoisotopic (exact) mass is 177 g/mol. The minimum absolute atomic E-state index is 0.149. The van der Waals surface area contributed by atoms with Crippen LogP contribution in [0, 0.1) is 11.3 Å². The molecule has 4 nitrogen and oxygen atoms in total. The minimum atomic E-state index is -0.149. The number of aldehydes is 1. The number of phenolic OH excluding ortho intramolecular Hbond substituents is 1.